The Morgan fingerprint density at radius 3 is 2.35 bits per heavy atom. The Morgan fingerprint density at radius 1 is 1.29 bits per heavy atom. The Hall–Kier alpha value is -1.24. The van der Waals surface area contributed by atoms with Crippen molar-refractivity contribution >= 4 is 29.7 Å². The second-order valence-corrected chi connectivity index (χ2v) is 4.94. The van der Waals surface area contributed by atoms with E-state index in [0.717, 1.165) is 0 Å². The van der Waals surface area contributed by atoms with Crippen LogP contribution in [0.2, 0.25) is 0 Å². The van der Waals surface area contributed by atoms with Gasteiger partial charge in [-0.15, -0.1) is 11.8 Å². The summed E-state index contributed by atoms with van der Waals surface area (Å²) in [6.45, 7) is 5.39. The van der Waals surface area contributed by atoms with Crippen LogP contribution >= 0.6 is 11.8 Å². The number of nitrogens with one attached hydrogen (secondary N) is 2. The van der Waals surface area contributed by atoms with E-state index < -0.39 is 29.1 Å². The van der Waals surface area contributed by atoms with Crippen LogP contribution in [-0.2, 0) is 9.59 Å². The summed E-state index contributed by atoms with van der Waals surface area (Å²) in [6.07, 6.45) is 0. The number of imide groups is 1. The fourth-order valence-corrected chi connectivity index (χ4v) is 1.78. The SMILES string of the molecule is CCNC(=O)NC(=O)C(C)SCC(C)C(=O)O. The normalized spacial score (nSPS) is 13.6. The minimum absolute atomic E-state index is 0.333. The maximum absolute atomic E-state index is 11.5. The minimum Gasteiger partial charge on any atom is -0.481 e. The number of carboxylic acids is 1. The molecule has 0 aliphatic rings. The Morgan fingerprint density at radius 2 is 1.88 bits per heavy atom. The van der Waals surface area contributed by atoms with Crippen LogP contribution in [-0.4, -0.2) is 40.6 Å². The standard InChI is InChI=1S/C10H18N2O4S/c1-4-11-10(16)12-8(13)7(3)17-5-6(2)9(14)15/h6-7H,4-5H2,1-3H3,(H,14,15)(H2,11,12,13,16). The lowest BCUT2D eigenvalue weighted by molar-refractivity contribution is -0.140. The molecular weight excluding hydrogens is 244 g/mol. The molecule has 0 fully saturated rings. The highest BCUT2D eigenvalue weighted by Crippen LogP contribution is 2.15. The maximum Gasteiger partial charge on any atom is 0.321 e. The van der Waals surface area contributed by atoms with E-state index in [1.54, 1.807) is 20.8 Å². The molecule has 3 amide bonds. The topological polar surface area (TPSA) is 95.5 Å². The van der Waals surface area contributed by atoms with Gasteiger partial charge in [-0.2, -0.15) is 0 Å². The van der Waals surface area contributed by atoms with Crippen molar-refractivity contribution in [2.24, 2.45) is 5.92 Å². The summed E-state index contributed by atoms with van der Waals surface area (Å²) < 4.78 is 0. The summed E-state index contributed by atoms with van der Waals surface area (Å²) in [7, 11) is 0. The van der Waals surface area contributed by atoms with Crippen molar-refractivity contribution in [1.29, 1.82) is 0 Å². The molecule has 0 aliphatic heterocycles. The highest BCUT2D eigenvalue weighted by molar-refractivity contribution is 8.00. The van der Waals surface area contributed by atoms with Crippen molar-refractivity contribution in [3.8, 4) is 0 Å². The number of urea groups is 1. The summed E-state index contributed by atoms with van der Waals surface area (Å²) in [4.78, 5) is 33.1. The molecule has 0 saturated heterocycles. The van der Waals surface area contributed by atoms with Crippen molar-refractivity contribution in [3.63, 3.8) is 0 Å². The van der Waals surface area contributed by atoms with Gasteiger partial charge in [-0.05, 0) is 13.8 Å². The molecule has 0 bridgehead atoms. The zero-order chi connectivity index (χ0) is 13.4. The number of carboxylic acid groups (broad SMARTS) is 1. The highest BCUT2D eigenvalue weighted by Gasteiger charge is 2.19. The van der Waals surface area contributed by atoms with Crippen molar-refractivity contribution in [1.82, 2.24) is 10.6 Å². The first-order chi connectivity index (χ1) is 7.88. The van der Waals surface area contributed by atoms with Crippen LogP contribution < -0.4 is 10.6 Å². The molecule has 0 saturated carbocycles. The Kier molecular flexibility index (Phi) is 7.36. The molecule has 0 radical (unpaired) electrons. The van der Waals surface area contributed by atoms with E-state index in [1.165, 1.54) is 11.8 Å². The molecule has 0 rings (SSSR count). The third-order valence-electron chi connectivity index (χ3n) is 1.96. The molecule has 7 heteroatoms. The predicted octanol–water partition coefficient (Wildman–Crippen LogP) is 0.674. The molecule has 0 spiro atoms. The molecule has 2 atom stereocenters. The number of thioether (sulfide) groups is 1. The van der Waals surface area contributed by atoms with Crippen molar-refractivity contribution in [3.05, 3.63) is 0 Å². The van der Waals surface area contributed by atoms with E-state index >= 15 is 0 Å². The molecule has 3 N–H and O–H groups in total. The van der Waals surface area contributed by atoms with Gasteiger partial charge < -0.3 is 10.4 Å². The van der Waals surface area contributed by atoms with E-state index in [1.807, 2.05) is 0 Å². The molecular formula is C10H18N2O4S. The molecule has 6 nitrogen and oxygen atoms in total. The van der Waals surface area contributed by atoms with Crippen molar-refractivity contribution in [2.75, 3.05) is 12.3 Å². The zero-order valence-electron chi connectivity index (χ0n) is 10.1. The summed E-state index contributed by atoms with van der Waals surface area (Å²) in [5, 5.41) is 12.8. The number of carbonyl (C=O) groups is 3. The molecule has 0 aromatic rings. The van der Waals surface area contributed by atoms with E-state index in [9.17, 15) is 14.4 Å². The van der Waals surface area contributed by atoms with E-state index in [2.05, 4.69) is 10.6 Å². The van der Waals surface area contributed by atoms with Crippen LogP contribution in [0, 0.1) is 5.92 Å². The molecule has 0 aliphatic carbocycles. The highest BCUT2D eigenvalue weighted by atomic mass is 32.2. The molecule has 2 unspecified atom stereocenters. The van der Waals surface area contributed by atoms with Gasteiger partial charge in [-0.3, -0.25) is 14.9 Å². The Labute approximate surface area is 105 Å². The summed E-state index contributed by atoms with van der Waals surface area (Å²) in [6, 6.07) is -0.531. The van der Waals surface area contributed by atoms with E-state index in [4.69, 9.17) is 5.11 Å². The van der Waals surface area contributed by atoms with Gasteiger partial charge in [0.25, 0.3) is 0 Å². The van der Waals surface area contributed by atoms with Gasteiger partial charge in [0.2, 0.25) is 5.91 Å². The number of amides is 3. The second-order valence-electron chi connectivity index (χ2n) is 3.56. The molecule has 0 aromatic heterocycles. The maximum atomic E-state index is 11.5. The van der Waals surface area contributed by atoms with Crippen molar-refractivity contribution in [2.45, 2.75) is 26.0 Å². The predicted molar refractivity (Wildman–Crippen MR) is 65.9 cm³/mol. The van der Waals surface area contributed by atoms with Gasteiger partial charge in [-0.1, -0.05) is 6.92 Å². The van der Waals surface area contributed by atoms with Gasteiger partial charge in [0.05, 0.1) is 11.2 Å². The van der Waals surface area contributed by atoms with Crippen molar-refractivity contribution < 1.29 is 19.5 Å². The fraction of sp³-hybridized carbons (Fsp3) is 0.700. The largest absolute Gasteiger partial charge is 0.481 e. The third kappa shape index (κ3) is 6.83. The summed E-state index contributed by atoms with van der Waals surface area (Å²) in [5.74, 6) is -1.49. The number of rotatable bonds is 6. The number of hydrogen-bond donors (Lipinski definition) is 3. The summed E-state index contributed by atoms with van der Waals surface area (Å²) in [5.41, 5.74) is 0. The third-order valence-corrected chi connectivity index (χ3v) is 3.37. The van der Waals surface area contributed by atoms with Crippen LogP contribution in [0.25, 0.3) is 0 Å². The van der Waals surface area contributed by atoms with Gasteiger partial charge in [0, 0.05) is 12.3 Å². The summed E-state index contributed by atoms with van der Waals surface area (Å²) >= 11 is 1.21. The first-order valence-electron chi connectivity index (χ1n) is 5.31. The quantitative estimate of drug-likeness (QED) is 0.654. The average Bonchev–Trinajstić information content (AvgIpc) is 2.25. The lowest BCUT2D eigenvalue weighted by atomic mass is 10.2. The van der Waals surface area contributed by atoms with Gasteiger partial charge in [0.1, 0.15) is 0 Å². The van der Waals surface area contributed by atoms with E-state index in [-0.39, 0.29) is 0 Å². The number of carbonyl (C=O) groups excluding carboxylic acids is 2. The molecule has 17 heavy (non-hydrogen) atoms. The first kappa shape index (κ1) is 15.8. The Balaban J connectivity index is 3.97. The van der Waals surface area contributed by atoms with Crippen LogP contribution in [0.4, 0.5) is 4.79 Å². The van der Waals surface area contributed by atoms with Crippen LogP contribution in [0.15, 0.2) is 0 Å². The minimum atomic E-state index is -0.895. The van der Waals surface area contributed by atoms with Gasteiger partial charge >= 0.3 is 12.0 Å². The Bertz CT molecular complexity index is 296. The van der Waals surface area contributed by atoms with Crippen LogP contribution in [0.3, 0.4) is 0 Å². The zero-order valence-corrected chi connectivity index (χ0v) is 11.0. The molecule has 0 aromatic carbocycles. The molecule has 98 valence electrons. The smallest absolute Gasteiger partial charge is 0.321 e. The fourth-order valence-electron chi connectivity index (χ4n) is 0.854. The second kappa shape index (κ2) is 7.94. The van der Waals surface area contributed by atoms with Crippen LogP contribution in [0.1, 0.15) is 20.8 Å². The number of hydrogen-bond acceptors (Lipinski definition) is 4. The van der Waals surface area contributed by atoms with E-state index in [0.29, 0.717) is 12.3 Å². The lowest BCUT2D eigenvalue weighted by Gasteiger charge is -2.12. The lowest BCUT2D eigenvalue weighted by Crippen LogP contribution is -2.42. The molecule has 0 heterocycles. The van der Waals surface area contributed by atoms with Crippen LogP contribution in [0.5, 0.6) is 0 Å². The van der Waals surface area contributed by atoms with Gasteiger partial charge in [0.15, 0.2) is 0 Å². The number of aliphatic carboxylic acids is 1. The van der Waals surface area contributed by atoms with Gasteiger partial charge in [-0.25, -0.2) is 4.79 Å². The average molecular weight is 262 g/mol. The first-order valence-corrected chi connectivity index (χ1v) is 6.36. The monoisotopic (exact) mass is 262 g/mol.